The van der Waals surface area contributed by atoms with E-state index in [9.17, 15) is 9.59 Å². The number of para-hydroxylation sites is 1. The molecule has 1 heterocycles. The first-order valence-corrected chi connectivity index (χ1v) is 6.39. The van der Waals surface area contributed by atoms with Crippen LogP contribution in [0.5, 0.6) is 0 Å². The predicted molar refractivity (Wildman–Crippen MR) is 74.4 cm³/mol. The molecule has 0 amide bonds. The van der Waals surface area contributed by atoms with Crippen molar-refractivity contribution in [3.8, 4) is 0 Å². The van der Waals surface area contributed by atoms with Crippen LogP contribution in [0.2, 0.25) is 0 Å². The summed E-state index contributed by atoms with van der Waals surface area (Å²) in [6.07, 6.45) is 0.539. The van der Waals surface area contributed by atoms with Crippen LogP contribution in [0, 0.1) is 0 Å². The average Bonchev–Trinajstić information content (AvgIpc) is 2.92. The van der Waals surface area contributed by atoms with Crippen LogP contribution in [-0.2, 0) is 16.0 Å². The highest BCUT2D eigenvalue weighted by molar-refractivity contribution is 5.99. The molecule has 0 saturated carbocycles. The van der Waals surface area contributed by atoms with E-state index >= 15 is 0 Å². The van der Waals surface area contributed by atoms with Crippen LogP contribution in [0.15, 0.2) is 54.6 Å². The van der Waals surface area contributed by atoms with Crippen molar-refractivity contribution >= 4 is 17.6 Å². The smallest absolute Gasteiger partial charge is 0.345 e. The van der Waals surface area contributed by atoms with Crippen LogP contribution in [0.4, 0.5) is 5.69 Å². The number of hydrogen-bond acceptors (Lipinski definition) is 4. The molecule has 1 unspecified atom stereocenters. The summed E-state index contributed by atoms with van der Waals surface area (Å²) in [7, 11) is 0. The van der Waals surface area contributed by atoms with Crippen molar-refractivity contribution in [2.45, 2.75) is 12.5 Å². The van der Waals surface area contributed by atoms with Gasteiger partial charge < -0.3 is 10.1 Å². The molecule has 0 aliphatic carbocycles. The molecule has 4 nitrogen and oxygen atoms in total. The zero-order valence-corrected chi connectivity index (χ0v) is 10.7. The monoisotopic (exact) mass is 267 g/mol. The summed E-state index contributed by atoms with van der Waals surface area (Å²) in [5.41, 5.74) is 2.35. The molecule has 0 radical (unpaired) electrons. The van der Waals surface area contributed by atoms with Crippen LogP contribution in [0.1, 0.15) is 15.9 Å². The molecular weight excluding hydrogens is 254 g/mol. The fourth-order valence-corrected chi connectivity index (χ4v) is 2.24. The topological polar surface area (TPSA) is 55.4 Å². The van der Waals surface area contributed by atoms with E-state index in [-0.39, 0.29) is 0 Å². The van der Waals surface area contributed by atoms with Crippen LogP contribution >= 0.6 is 0 Å². The second kappa shape index (κ2) is 5.17. The van der Waals surface area contributed by atoms with Gasteiger partial charge in [0.1, 0.15) is 6.04 Å². The Morgan fingerprint density at radius 1 is 1.00 bits per heavy atom. The largest absolute Gasteiger partial charge is 0.388 e. The standard InChI is InChI=1S/C16H13NO3/c18-15(11-6-2-1-3-7-11)20-16(19)14-10-12-8-4-5-9-13(12)17-14/h1-9,14,17H,10H2. The van der Waals surface area contributed by atoms with Crippen molar-refractivity contribution in [2.75, 3.05) is 5.32 Å². The van der Waals surface area contributed by atoms with E-state index in [0.29, 0.717) is 12.0 Å². The van der Waals surface area contributed by atoms with E-state index in [1.807, 2.05) is 24.3 Å². The Bertz CT molecular complexity index is 627. The fourth-order valence-electron chi connectivity index (χ4n) is 2.24. The van der Waals surface area contributed by atoms with Crippen LogP contribution < -0.4 is 5.32 Å². The fraction of sp³-hybridized carbons (Fsp3) is 0.125. The summed E-state index contributed by atoms with van der Waals surface area (Å²) in [5, 5.41) is 3.06. The lowest BCUT2D eigenvalue weighted by Crippen LogP contribution is -2.31. The first-order chi connectivity index (χ1) is 9.74. The number of rotatable bonds is 2. The number of nitrogens with one attached hydrogen (secondary N) is 1. The normalized spacial score (nSPS) is 16.1. The molecule has 4 heteroatoms. The Kier molecular flexibility index (Phi) is 3.21. The van der Waals surface area contributed by atoms with Gasteiger partial charge in [-0.2, -0.15) is 0 Å². The Morgan fingerprint density at radius 2 is 1.70 bits per heavy atom. The van der Waals surface area contributed by atoms with Gasteiger partial charge in [0.25, 0.3) is 0 Å². The number of hydrogen-bond donors (Lipinski definition) is 1. The maximum Gasteiger partial charge on any atom is 0.345 e. The van der Waals surface area contributed by atoms with Gasteiger partial charge in [-0.05, 0) is 23.8 Å². The third-order valence-electron chi connectivity index (χ3n) is 3.26. The average molecular weight is 267 g/mol. The van der Waals surface area contributed by atoms with Gasteiger partial charge in [0.15, 0.2) is 0 Å². The van der Waals surface area contributed by atoms with E-state index in [1.165, 1.54) is 0 Å². The van der Waals surface area contributed by atoms with Gasteiger partial charge in [0.05, 0.1) is 5.56 Å². The lowest BCUT2D eigenvalue weighted by Gasteiger charge is -2.09. The Balaban J connectivity index is 1.66. The summed E-state index contributed by atoms with van der Waals surface area (Å²) in [6.45, 7) is 0. The second-order valence-corrected chi connectivity index (χ2v) is 4.63. The third kappa shape index (κ3) is 2.40. The van der Waals surface area contributed by atoms with Gasteiger partial charge in [-0.25, -0.2) is 9.59 Å². The number of ether oxygens (including phenoxy) is 1. The summed E-state index contributed by atoms with van der Waals surface area (Å²) in [4.78, 5) is 23.8. The summed E-state index contributed by atoms with van der Waals surface area (Å²) in [5.74, 6) is -1.16. The van der Waals surface area contributed by atoms with Crippen molar-refractivity contribution < 1.29 is 14.3 Å². The minimum absolute atomic E-state index is 0.372. The summed E-state index contributed by atoms with van der Waals surface area (Å²) >= 11 is 0. The quantitative estimate of drug-likeness (QED) is 0.670. The van der Waals surface area contributed by atoms with Crippen LogP contribution in [-0.4, -0.2) is 18.0 Å². The van der Waals surface area contributed by atoms with E-state index in [1.54, 1.807) is 30.3 Å². The van der Waals surface area contributed by atoms with Gasteiger partial charge in [0, 0.05) is 12.1 Å². The molecule has 0 fully saturated rings. The Morgan fingerprint density at radius 3 is 2.45 bits per heavy atom. The molecule has 3 rings (SSSR count). The van der Waals surface area contributed by atoms with Crippen LogP contribution in [0.25, 0.3) is 0 Å². The number of carbonyl (C=O) groups is 2. The van der Waals surface area contributed by atoms with E-state index in [2.05, 4.69) is 5.32 Å². The number of anilines is 1. The molecule has 0 bridgehead atoms. The molecule has 1 N–H and O–H groups in total. The van der Waals surface area contributed by atoms with Crippen molar-refractivity contribution in [2.24, 2.45) is 0 Å². The summed E-state index contributed by atoms with van der Waals surface area (Å²) < 4.78 is 4.91. The molecule has 0 aromatic heterocycles. The first-order valence-electron chi connectivity index (χ1n) is 6.39. The predicted octanol–water partition coefficient (Wildman–Crippen LogP) is 2.41. The maximum absolute atomic E-state index is 12.0. The van der Waals surface area contributed by atoms with E-state index in [0.717, 1.165) is 11.3 Å². The minimum atomic E-state index is -0.617. The molecule has 100 valence electrons. The first kappa shape index (κ1) is 12.4. The lowest BCUT2D eigenvalue weighted by molar-refractivity contribution is -0.138. The number of carbonyl (C=O) groups excluding carboxylic acids is 2. The third-order valence-corrected chi connectivity index (χ3v) is 3.26. The van der Waals surface area contributed by atoms with Crippen molar-refractivity contribution in [1.82, 2.24) is 0 Å². The number of fused-ring (bicyclic) bond motifs is 1. The molecule has 1 atom stereocenters. The van der Waals surface area contributed by atoms with Gasteiger partial charge in [0.2, 0.25) is 0 Å². The van der Waals surface area contributed by atoms with Gasteiger partial charge in [-0.3, -0.25) is 0 Å². The van der Waals surface area contributed by atoms with Gasteiger partial charge in [-0.15, -0.1) is 0 Å². The van der Waals surface area contributed by atoms with Gasteiger partial charge >= 0.3 is 11.9 Å². The Hall–Kier alpha value is -2.62. The summed E-state index contributed by atoms with van der Waals surface area (Å²) in [6, 6.07) is 15.7. The highest BCUT2D eigenvalue weighted by atomic mass is 16.6. The maximum atomic E-state index is 12.0. The lowest BCUT2D eigenvalue weighted by atomic mass is 10.1. The van der Waals surface area contributed by atoms with E-state index < -0.39 is 18.0 Å². The highest BCUT2D eigenvalue weighted by Crippen LogP contribution is 2.25. The molecule has 1 aliphatic rings. The van der Waals surface area contributed by atoms with Crippen molar-refractivity contribution in [1.29, 1.82) is 0 Å². The van der Waals surface area contributed by atoms with Crippen LogP contribution in [0.3, 0.4) is 0 Å². The number of esters is 2. The van der Waals surface area contributed by atoms with Crippen molar-refractivity contribution in [3.63, 3.8) is 0 Å². The van der Waals surface area contributed by atoms with E-state index in [4.69, 9.17) is 4.74 Å². The second-order valence-electron chi connectivity index (χ2n) is 4.63. The SMILES string of the molecule is O=C(OC(=O)C1Cc2ccccc2N1)c1ccccc1. The molecule has 2 aromatic rings. The molecule has 0 spiro atoms. The number of benzene rings is 2. The molecule has 0 saturated heterocycles. The van der Waals surface area contributed by atoms with Crippen molar-refractivity contribution in [3.05, 3.63) is 65.7 Å². The highest BCUT2D eigenvalue weighted by Gasteiger charge is 2.29. The Labute approximate surface area is 116 Å². The molecule has 1 aliphatic heterocycles. The minimum Gasteiger partial charge on any atom is -0.388 e. The van der Waals surface area contributed by atoms with Gasteiger partial charge in [-0.1, -0.05) is 36.4 Å². The molecule has 2 aromatic carbocycles. The zero-order valence-electron chi connectivity index (χ0n) is 10.7. The molecule has 20 heavy (non-hydrogen) atoms. The zero-order chi connectivity index (χ0) is 13.9. The molecular formula is C16H13NO3.